The second-order valence-corrected chi connectivity index (χ2v) is 8.73. The van der Waals surface area contributed by atoms with E-state index in [4.69, 9.17) is 14.2 Å². The lowest BCUT2D eigenvalue weighted by Crippen LogP contribution is -2.51. The molecular formula is C26H17BrN2O6. The van der Waals surface area contributed by atoms with Crippen molar-refractivity contribution in [1.82, 2.24) is 9.97 Å². The van der Waals surface area contributed by atoms with Gasteiger partial charge in [-0.15, -0.1) is 0 Å². The number of aromatic nitrogens is 2. The van der Waals surface area contributed by atoms with Gasteiger partial charge in [0.05, 0.1) is 34.4 Å². The fourth-order valence-electron chi connectivity index (χ4n) is 3.77. The standard InChI is InChI=1S/C26H17BrN2O6/c1-26(35-25(32)20-12-28-18-5-3-4-6-19(18)29-20)23(30)17-13-34-21(11-16(17)22(27)24(26)31)14-7-9-15(33-2)10-8-14/h3-13H,1-2H3. The molecule has 3 aromatic rings. The second kappa shape index (κ2) is 8.59. The van der Waals surface area contributed by atoms with E-state index >= 15 is 0 Å². The van der Waals surface area contributed by atoms with Crippen molar-refractivity contribution < 1.29 is 28.6 Å². The van der Waals surface area contributed by atoms with Gasteiger partial charge in [0.1, 0.15) is 17.8 Å². The fraction of sp³-hybridized carbons (Fsp3) is 0.115. The summed E-state index contributed by atoms with van der Waals surface area (Å²) in [7, 11) is 1.57. The maximum absolute atomic E-state index is 13.4. The Hall–Kier alpha value is -4.11. The zero-order valence-electron chi connectivity index (χ0n) is 18.6. The van der Waals surface area contributed by atoms with Crippen LogP contribution in [0.3, 0.4) is 0 Å². The minimum atomic E-state index is -2.10. The number of carbonyl (C=O) groups excluding carboxylic acids is 3. The van der Waals surface area contributed by atoms with E-state index in [0.29, 0.717) is 28.1 Å². The summed E-state index contributed by atoms with van der Waals surface area (Å²) in [5, 5.41) is 0. The van der Waals surface area contributed by atoms with Crippen LogP contribution in [-0.2, 0) is 19.1 Å². The number of hydrogen-bond donors (Lipinski definition) is 0. The molecule has 35 heavy (non-hydrogen) atoms. The maximum atomic E-state index is 13.4. The minimum Gasteiger partial charge on any atom is -0.497 e. The predicted molar refractivity (Wildman–Crippen MR) is 129 cm³/mol. The van der Waals surface area contributed by atoms with Crippen molar-refractivity contribution in [2.24, 2.45) is 0 Å². The van der Waals surface area contributed by atoms with Crippen LogP contribution in [0.25, 0.3) is 16.8 Å². The van der Waals surface area contributed by atoms with E-state index < -0.39 is 23.1 Å². The Morgan fingerprint density at radius 1 is 1.03 bits per heavy atom. The Morgan fingerprint density at radius 3 is 2.46 bits per heavy atom. The quantitative estimate of drug-likeness (QED) is 0.361. The van der Waals surface area contributed by atoms with Crippen LogP contribution >= 0.6 is 15.9 Å². The van der Waals surface area contributed by atoms with Crippen LogP contribution in [0.15, 0.2) is 82.7 Å². The number of esters is 1. The molecule has 1 atom stereocenters. The Morgan fingerprint density at radius 2 is 1.74 bits per heavy atom. The average molecular weight is 533 g/mol. The smallest absolute Gasteiger partial charge is 0.360 e. The van der Waals surface area contributed by atoms with Crippen molar-refractivity contribution in [2.45, 2.75) is 12.5 Å². The van der Waals surface area contributed by atoms with Gasteiger partial charge in [0, 0.05) is 11.1 Å². The molecule has 9 heteroatoms. The van der Waals surface area contributed by atoms with Crippen LogP contribution in [0.1, 0.15) is 23.0 Å². The first-order valence-electron chi connectivity index (χ1n) is 10.5. The molecular weight excluding hydrogens is 516 g/mol. The Balaban J connectivity index is 1.46. The molecule has 0 saturated carbocycles. The first-order chi connectivity index (χ1) is 16.8. The van der Waals surface area contributed by atoms with Gasteiger partial charge in [0.15, 0.2) is 5.69 Å². The van der Waals surface area contributed by atoms with Crippen LogP contribution in [0.4, 0.5) is 0 Å². The van der Waals surface area contributed by atoms with E-state index in [0.717, 1.165) is 5.56 Å². The average Bonchev–Trinajstić information content (AvgIpc) is 2.90. The van der Waals surface area contributed by atoms with Gasteiger partial charge in [-0.1, -0.05) is 12.1 Å². The Bertz CT molecular complexity index is 1510. The monoisotopic (exact) mass is 532 g/mol. The van der Waals surface area contributed by atoms with E-state index in [1.807, 2.05) is 0 Å². The molecule has 8 nitrogen and oxygen atoms in total. The number of Topliss-reactive ketones (excluding diaryl/α,β-unsaturated/α-hetero) is 2. The molecule has 0 saturated heterocycles. The largest absolute Gasteiger partial charge is 0.497 e. The number of allylic oxidation sites excluding steroid dienone is 2. The number of benzene rings is 2. The van der Waals surface area contributed by atoms with E-state index in [1.54, 1.807) is 61.7 Å². The van der Waals surface area contributed by atoms with E-state index in [1.165, 1.54) is 19.4 Å². The summed E-state index contributed by atoms with van der Waals surface area (Å²) in [6, 6.07) is 14.1. The number of ketones is 2. The number of halogens is 1. The van der Waals surface area contributed by atoms with Gasteiger partial charge < -0.3 is 14.2 Å². The van der Waals surface area contributed by atoms with E-state index in [2.05, 4.69) is 25.9 Å². The SMILES string of the molecule is COc1ccc(C2=CC3=C(Br)C(=O)C(C)(OC(=O)c4cnc5ccccc5n4)C(=O)C3=CO2)cc1. The number of carbonyl (C=O) groups is 3. The van der Waals surface area contributed by atoms with Crippen LogP contribution in [-0.4, -0.2) is 40.2 Å². The van der Waals surface area contributed by atoms with Crippen molar-refractivity contribution in [2.75, 3.05) is 7.11 Å². The van der Waals surface area contributed by atoms with Crippen molar-refractivity contribution >= 4 is 50.3 Å². The molecule has 0 bridgehead atoms. The lowest BCUT2D eigenvalue weighted by atomic mass is 9.80. The highest BCUT2D eigenvalue weighted by Crippen LogP contribution is 2.41. The minimum absolute atomic E-state index is 0.0950. The van der Waals surface area contributed by atoms with Crippen LogP contribution in [0.2, 0.25) is 0 Å². The number of ether oxygens (including phenoxy) is 3. The molecule has 2 heterocycles. The molecule has 174 valence electrons. The van der Waals surface area contributed by atoms with Gasteiger partial charge in [-0.25, -0.2) is 9.78 Å². The Kier molecular flexibility index (Phi) is 5.56. The molecule has 1 aliphatic carbocycles. The zero-order chi connectivity index (χ0) is 24.7. The number of nitrogens with zero attached hydrogens (tertiary/aromatic N) is 2. The molecule has 1 unspecified atom stereocenters. The third-order valence-corrected chi connectivity index (χ3v) is 6.53. The first-order valence-corrected chi connectivity index (χ1v) is 11.3. The van der Waals surface area contributed by atoms with Gasteiger partial charge in [-0.3, -0.25) is 14.6 Å². The zero-order valence-corrected chi connectivity index (χ0v) is 20.2. The molecule has 0 N–H and O–H groups in total. The number of hydrogen-bond acceptors (Lipinski definition) is 8. The van der Waals surface area contributed by atoms with Gasteiger partial charge in [-0.2, -0.15) is 0 Å². The number of rotatable bonds is 4. The highest BCUT2D eigenvalue weighted by atomic mass is 79.9. The third-order valence-electron chi connectivity index (χ3n) is 5.75. The molecule has 0 spiro atoms. The van der Waals surface area contributed by atoms with E-state index in [-0.39, 0.29) is 15.7 Å². The maximum Gasteiger partial charge on any atom is 0.360 e. The van der Waals surface area contributed by atoms with Gasteiger partial charge in [-0.05, 0) is 65.3 Å². The van der Waals surface area contributed by atoms with Crippen molar-refractivity contribution in [1.29, 1.82) is 0 Å². The van der Waals surface area contributed by atoms with Crippen LogP contribution in [0.5, 0.6) is 5.75 Å². The number of methoxy groups -OCH3 is 1. The summed E-state index contributed by atoms with van der Waals surface area (Å²) in [5.41, 5.74) is 0.0313. The van der Waals surface area contributed by atoms with Gasteiger partial charge >= 0.3 is 5.97 Å². The molecule has 1 aromatic heterocycles. The summed E-state index contributed by atoms with van der Waals surface area (Å²) < 4.78 is 16.4. The molecule has 0 fully saturated rings. The van der Waals surface area contributed by atoms with Crippen LogP contribution in [0, 0.1) is 0 Å². The lowest BCUT2D eigenvalue weighted by Gasteiger charge is -2.33. The summed E-state index contributed by atoms with van der Waals surface area (Å²) >= 11 is 3.30. The predicted octanol–water partition coefficient (Wildman–Crippen LogP) is 4.31. The molecule has 1 aliphatic heterocycles. The number of fused-ring (bicyclic) bond motifs is 2. The van der Waals surface area contributed by atoms with Crippen molar-refractivity contribution in [3.63, 3.8) is 0 Å². The molecule has 2 aliphatic rings. The lowest BCUT2D eigenvalue weighted by molar-refractivity contribution is -0.145. The van der Waals surface area contributed by atoms with Gasteiger partial charge in [0.25, 0.3) is 0 Å². The first kappa shape index (κ1) is 22.7. The van der Waals surface area contributed by atoms with Crippen LogP contribution < -0.4 is 4.74 Å². The van der Waals surface area contributed by atoms with Crippen molar-refractivity contribution in [3.8, 4) is 5.75 Å². The Labute approximate surface area is 208 Å². The van der Waals surface area contributed by atoms with E-state index in [9.17, 15) is 14.4 Å². The van der Waals surface area contributed by atoms with Gasteiger partial charge in [0.2, 0.25) is 17.2 Å². The van der Waals surface area contributed by atoms with Crippen molar-refractivity contribution in [3.05, 3.63) is 94.0 Å². The number of para-hydroxylation sites is 2. The molecule has 2 aromatic carbocycles. The molecule has 5 rings (SSSR count). The summed E-state index contributed by atoms with van der Waals surface area (Å²) in [6.45, 7) is 1.26. The molecule has 0 radical (unpaired) electrons. The summed E-state index contributed by atoms with van der Waals surface area (Å²) in [5.74, 6) is -1.21. The second-order valence-electron chi connectivity index (χ2n) is 7.94. The normalized spacial score (nSPS) is 19.5. The molecule has 0 amide bonds. The summed E-state index contributed by atoms with van der Waals surface area (Å²) in [4.78, 5) is 47.9. The highest BCUT2D eigenvalue weighted by Gasteiger charge is 2.52. The highest BCUT2D eigenvalue weighted by molar-refractivity contribution is 9.12. The topological polar surface area (TPSA) is 105 Å². The third kappa shape index (κ3) is 3.83. The summed E-state index contributed by atoms with van der Waals surface area (Å²) in [6.07, 6.45) is 4.09. The fourth-order valence-corrected chi connectivity index (χ4v) is 4.48.